The zero-order valence-corrected chi connectivity index (χ0v) is 16.8. The Morgan fingerprint density at radius 1 is 0.966 bits per heavy atom. The van der Waals surface area contributed by atoms with Crippen molar-refractivity contribution in [3.63, 3.8) is 0 Å². The van der Waals surface area contributed by atoms with Gasteiger partial charge in [0.15, 0.2) is 0 Å². The Balaban J connectivity index is 1.57. The average Bonchev–Trinajstić information content (AvgIpc) is 2.72. The number of nitrogens with one attached hydrogen (secondary N) is 2. The number of para-hydroxylation sites is 1. The Kier molecular flexibility index (Phi) is 6.80. The quantitative estimate of drug-likeness (QED) is 0.577. The SMILES string of the molecule is COc1ccccc1-c1ccc(SCC(=O)Nc2cccc(NC(C)=O)c2)nn1. The van der Waals surface area contributed by atoms with Gasteiger partial charge in [-0.25, -0.2) is 0 Å². The minimum atomic E-state index is -0.175. The Morgan fingerprint density at radius 2 is 1.72 bits per heavy atom. The molecule has 3 rings (SSSR count). The number of benzene rings is 2. The number of anilines is 2. The van der Waals surface area contributed by atoms with Crippen molar-refractivity contribution in [1.82, 2.24) is 10.2 Å². The van der Waals surface area contributed by atoms with Crippen molar-refractivity contribution in [2.45, 2.75) is 11.9 Å². The second-order valence-electron chi connectivity index (χ2n) is 6.06. The lowest BCUT2D eigenvalue weighted by atomic mass is 10.1. The maximum atomic E-state index is 12.2. The van der Waals surface area contributed by atoms with Crippen molar-refractivity contribution in [2.75, 3.05) is 23.5 Å². The molecule has 0 bridgehead atoms. The summed E-state index contributed by atoms with van der Waals surface area (Å²) in [6, 6.07) is 18.2. The summed E-state index contributed by atoms with van der Waals surface area (Å²) in [7, 11) is 1.61. The third kappa shape index (κ3) is 5.79. The minimum absolute atomic E-state index is 0.167. The van der Waals surface area contributed by atoms with Gasteiger partial charge in [-0.1, -0.05) is 30.0 Å². The van der Waals surface area contributed by atoms with E-state index < -0.39 is 0 Å². The number of amides is 2. The number of aromatic nitrogens is 2. The van der Waals surface area contributed by atoms with E-state index in [1.165, 1.54) is 18.7 Å². The monoisotopic (exact) mass is 408 g/mol. The molecule has 0 unspecified atom stereocenters. The van der Waals surface area contributed by atoms with Gasteiger partial charge in [0.25, 0.3) is 0 Å². The van der Waals surface area contributed by atoms with Crippen LogP contribution >= 0.6 is 11.8 Å². The van der Waals surface area contributed by atoms with E-state index in [4.69, 9.17) is 4.74 Å². The molecule has 0 saturated carbocycles. The van der Waals surface area contributed by atoms with Crippen molar-refractivity contribution >= 4 is 35.0 Å². The molecule has 8 heteroatoms. The van der Waals surface area contributed by atoms with Crippen LogP contribution in [0.1, 0.15) is 6.92 Å². The third-order valence-electron chi connectivity index (χ3n) is 3.84. The number of nitrogens with zero attached hydrogens (tertiary/aromatic N) is 2. The van der Waals surface area contributed by atoms with Gasteiger partial charge >= 0.3 is 0 Å². The molecule has 2 N–H and O–H groups in total. The molecule has 0 spiro atoms. The molecule has 0 aliphatic heterocycles. The molecule has 2 aromatic carbocycles. The van der Waals surface area contributed by atoms with Crippen LogP contribution in [-0.2, 0) is 9.59 Å². The normalized spacial score (nSPS) is 10.3. The van der Waals surface area contributed by atoms with Gasteiger partial charge in [-0.3, -0.25) is 9.59 Å². The zero-order valence-electron chi connectivity index (χ0n) is 16.0. The van der Waals surface area contributed by atoms with Gasteiger partial charge in [-0.05, 0) is 42.5 Å². The molecule has 29 heavy (non-hydrogen) atoms. The van der Waals surface area contributed by atoms with Crippen molar-refractivity contribution in [2.24, 2.45) is 0 Å². The minimum Gasteiger partial charge on any atom is -0.496 e. The van der Waals surface area contributed by atoms with Crippen molar-refractivity contribution in [3.05, 3.63) is 60.7 Å². The summed E-state index contributed by atoms with van der Waals surface area (Å²) < 4.78 is 5.35. The maximum absolute atomic E-state index is 12.2. The molecular weight excluding hydrogens is 388 g/mol. The van der Waals surface area contributed by atoms with E-state index in [0.717, 1.165) is 11.3 Å². The molecule has 0 fully saturated rings. The largest absolute Gasteiger partial charge is 0.496 e. The first-order valence-corrected chi connectivity index (χ1v) is 9.81. The van der Waals surface area contributed by atoms with Crippen LogP contribution in [0.5, 0.6) is 5.75 Å². The van der Waals surface area contributed by atoms with Gasteiger partial charge in [0.2, 0.25) is 11.8 Å². The number of carbonyl (C=O) groups excluding carboxylic acids is 2. The molecule has 0 atom stereocenters. The molecule has 3 aromatic rings. The number of carbonyl (C=O) groups is 2. The molecule has 0 aliphatic carbocycles. The molecule has 0 saturated heterocycles. The molecule has 148 valence electrons. The van der Waals surface area contributed by atoms with Gasteiger partial charge in [0.05, 0.1) is 18.6 Å². The summed E-state index contributed by atoms with van der Waals surface area (Å²) in [5.74, 6) is 0.570. The van der Waals surface area contributed by atoms with E-state index in [-0.39, 0.29) is 17.6 Å². The first-order chi connectivity index (χ1) is 14.0. The Hall–Kier alpha value is -3.39. The van der Waals surface area contributed by atoms with E-state index in [0.29, 0.717) is 22.1 Å². The number of hydrogen-bond donors (Lipinski definition) is 2. The highest BCUT2D eigenvalue weighted by molar-refractivity contribution is 7.99. The predicted molar refractivity (Wildman–Crippen MR) is 114 cm³/mol. The predicted octanol–water partition coefficient (Wildman–Crippen LogP) is 3.84. The van der Waals surface area contributed by atoms with Gasteiger partial charge < -0.3 is 15.4 Å². The third-order valence-corrected chi connectivity index (χ3v) is 4.76. The summed E-state index contributed by atoms with van der Waals surface area (Å²) in [4.78, 5) is 23.3. The number of ether oxygens (including phenoxy) is 1. The molecule has 7 nitrogen and oxygen atoms in total. The highest BCUT2D eigenvalue weighted by Gasteiger charge is 2.09. The maximum Gasteiger partial charge on any atom is 0.234 e. The fourth-order valence-electron chi connectivity index (χ4n) is 2.61. The summed E-state index contributed by atoms with van der Waals surface area (Å²) in [6.07, 6.45) is 0. The van der Waals surface area contributed by atoms with Gasteiger partial charge in [-0.2, -0.15) is 0 Å². The van der Waals surface area contributed by atoms with Crippen LogP contribution < -0.4 is 15.4 Å². The van der Waals surface area contributed by atoms with E-state index >= 15 is 0 Å². The molecule has 0 radical (unpaired) electrons. The summed E-state index contributed by atoms with van der Waals surface area (Å²) in [5.41, 5.74) is 2.79. The smallest absolute Gasteiger partial charge is 0.234 e. The standard InChI is InChI=1S/C21H20N4O3S/c1-14(26)22-15-6-5-7-16(12-15)23-20(27)13-29-21-11-10-18(24-25-21)17-8-3-4-9-19(17)28-2/h3-12H,13H2,1-2H3,(H,22,26)(H,23,27). The molecule has 1 aromatic heterocycles. The van der Waals surface area contributed by atoms with Gasteiger partial charge in [-0.15, -0.1) is 10.2 Å². The van der Waals surface area contributed by atoms with Crippen LogP contribution in [-0.4, -0.2) is 34.9 Å². The van der Waals surface area contributed by atoms with Gasteiger partial charge in [0.1, 0.15) is 10.8 Å². The highest BCUT2D eigenvalue weighted by atomic mass is 32.2. The van der Waals surface area contributed by atoms with Crippen LogP contribution in [0.15, 0.2) is 65.7 Å². The lowest BCUT2D eigenvalue weighted by Crippen LogP contribution is -2.14. The molecule has 0 aliphatic rings. The second-order valence-corrected chi connectivity index (χ2v) is 7.05. The van der Waals surface area contributed by atoms with Crippen LogP contribution in [0, 0.1) is 0 Å². The van der Waals surface area contributed by atoms with E-state index in [1.54, 1.807) is 31.4 Å². The number of methoxy groups -OCH3 is 1. The molecule has 1 heterocycles. The first kappa shape index (κ1) is 20.3. The Bertz CT molecular complexity index is 1010. The summed E-state index contributed by atoms with van der Waals surface area (Å²) in [5, 5.41) is 14.5. The molecule has 2 amide bonds. The summed E-state index contributed by atoms with van der Waals surface area (Å²) >= 11 is 1.29. The number of rotatable bonds is 7. The summed E-state index contributed by atoms with van der Waals surface area (Å²) in [6.45, 7) is 1.43. The lowest BCUT2D eigenvalue weighted by molar-refractivity contribution is -0.114. The number of thioether (sulfide) groups is 1. The van der Waals surface area contributed by atoms with Crippen molar-refractivity contribution in [3.8, 4) is 17.0 Å². The fraction of sp³-hybridized carbons (Fsp3) is 0.143. The van der Waals surface area contributed by atoms with E-state index in [2.05, 4.69) is 20.8 Å². The Labute approximate surface area is 172 Å². The van der Waals surface area contributed by atoms with Crippen LogP contribution in [0.3, 0.4) is 0 Å². The van der Waals surface area contributed by atoms with Crippen LogP contribution in [0.25, 0.3) is 11.3 Å². The van der Waals surface area contributed by atoms with Crippen LogP contribution in [0.4, 0.5) is 11.4 Å². The average molecular weight is 408 g/mol. The van der Waals surface area contributed by atoms with E-state index in [9.17, 15) is 9.59 Å². The second kappa shape index (κ2) is 9.70. The zero-order chi connectivity index (χ0) is 20.6. The van der Waals surface area contributed by atoms with Gasteiger partial charge in [0, 0.05) is 23.9 Å². The number of hydrogen-bond acceptors (Lipinski definition) is 6. The van der Waals surface area contributed by atoms with Crippen molar-refractivity contribution < 1.29 is 14.3 Å². The van der Waals surface area contributed by atoms with Crippen molar-refractivity contribution in [1.29, 1.82) is 0 Å². The first-order valence-electron chi connectivity index (χ1n) is 8.82. The topological polar surface area (TPSA) is 93.2 Å². The Morgan fingerprint density at radius 3 is 2.41 bits per heavy atom. The lowest BCUT2D eigenvalue weighted by Gasteiger charge is -2.08. The molecular formula is C21H20N4O3S. The highest BCUT2D eigenvalue weighted by Crippen LogP contribution is 2.28. The fourth-order valence-corrected chi connectivity index (χ4v) is 3.23. The van der Waals surface area contributed by atoms with E-state index in [1.807, 2.05) is 36.4 Å². The van der Waals surface area contributed by atoms with Crippen LogP contribution in [0.2, 0.25) is 0 Å².